The first-order valence-electron chi connectivity index (χ1n) is 7.72. The zero-order chi connectivity index (χ0) is 17.8. The molecule has 6 nitrogen and oxygen atoms in total. The van der Waals surface area contributed by atoms with Gasteiger partial charge in [-0.1, -0.05) is 24.3 Å². The van der Waals surface area contributed by atoms with Crippen LogP contribution in [-0.2, 0) is 4.74 Å². The highest BCUT2D eigenvalue weighted by atomic mass is 16.6. The topological polar surface area (TPSA) is 76.1 Å². The molecule has 0 atom stereocenters. The van der Waals surface area contributed by atoms with Crippen LogP contribution in [0.25, 0.3) is 6.08 Å². The van der Waals surface area contributed by atoms with Gasteiger partial charge in [0.15, 0.2) is 17.3 Å². The molecule has 2 aromatic rings. The van der Waals surface area contributed by atoms with Crippen LogP contribution in [0.1, 0.15) is 15.9 Å². The molecule has 1 aliphatic rings. The largest absolute Gasteiger partial charge is 0.504 e. The van der Waals surface area contributed by atoms with Gasteiger partial charge in [-0.3, -0.25) is 9.69 Å². The van der Waals surface area contributed by atoms with Gasteiger partial charge in [-0.2, -0.15) is 0 Å². The maximum Gasteiger partial charge on any atom is 0.414 e. The van der Waals surface area contributed by atoms with Gasteiger partial charge in [-0.05, 0) is 35.9 Å². The number of phenolic OH excluding ortho intramolecular Hbond substituents is 1. The van der Waals surface area contributed by atoms with E-state index in [4.69, 9.17) is 9.47 Å². The molecule has 0 radical (unpaired) electrons. The van der Waals surface area contributed by atoms with Crippen molar-refractivity contribution in [3.05, 3.63) is 59.7 Å². The fourth-order valence-electron chi connectivity index (χ4n) is 2.52. The standard InChI is InChI=1S/C19H17NO5/c1-24-18-11-13(6-8-17(18)22)5-7-16(21)14-3-2-4-15(12-14)20-9-10-25-19(20)23/h2-8,11-12,22H,9-10H2,1H3. The third-order valence-corrected chi connectivity index (χ3v) is 3.83. The Morgan fingerprint density at radius 2 is 2.12 bits per heavy atom. The molecule has 128 valence electrons. The number of carbonyl (C=O) groups is 2. The maximum absolute atomic E-state index is 12.4. The number of hydrogen-bond acceptors (Lipinski definition) is 5. The number of ether oxygens (including phenoxy) is 2. The Balaban J connectivity index is 1.78. The van der Waals surface area contributed by atoms with E-state index in [9.17, 15) is 14.7 Å². The summed E-state index contributed by atoms with van der Waals surface area (Å²) in [5.74, 6) is 0.182. The average molecular weight is 339 g/mol. The number of allylic oxidation sites excluding steroid dienone is 1. The van der Waals surface area contributed by atoms with E-state index < -0.39 is 6.09 Å². The van der Waals surface area contributed by atoms with E-state index in [2.05, 4.69) is 0 Å². The Morgan fingerprint density at radius 3 is 2.84 bits per heavy atom. The van der Waals surface area contributed by atoms with E-state index in [1.807, 2.05) is 0 Å². The fourth-order valence-corrected chi connectivity index (χ4v) is 2.52. The predicted molar refractivity (Wildman–Crippen MR) is 93.2 cm³/mol. The lowest BCUT2D eigenvalue weighted by Crippen LogP contribution is -2.23. The molecule has 3 rings (SSSR count). The zero-order valence-corrected chi connectivity index (χ0v) is 13.6. The number of amides is 1. The van der Waals surface area contributed by atoms with Gasteiger partial charge in [0.2, 0.25) is 0 Å². The first-order valence-corrected chi connectivity index (χ1v) is 7.72. The summed E-state index contributed by atoms with van der Waals surface area (Å²) in [6, 6.07) is 11.7. The van der Waals surface area contributed by atoms with Crippen LogP contribution >= 0.6 is 0 Å². The molecule has 0 aromatic heterocycles. The number of nitrogens with zero attached hydrogens (tertiary/aromatic N) is 1. The molecule has 1 N–H and O–H groups in total. The van der Waals surface area contributed by atoms with E-state index in [1.165, 1.54) is 24.2 Å². The number of cyclic esters (lactones) is 1. The minimum atomic E-state index is -0.406. The Hall–Kier alpha value is -3.28. The first-order chi connectivity index (χ1) is 12.1. The molecular formula is C19H17NO5. The molecule has 1 aliphatic heterocycles. The van der Waals surface area contributed by atoms with Gasteiger partial charge >= 0.3 is 6.09 Å². The first kappa shape index (κ1) is 16.6. The van der Waals surface area contributed by atoms with Crippen molar-refractivity contribution in [2.75, 3.05) is 25.2 Å². The van der Waals surface area contributed by atoms with Crippen molar-refractivity contribution in [3.63, 3.8) is 0 Å². The smallest absolute Gasteiger partial charge is 0.414 e. The van der Waals surface area contributed by atoms with Crippen molar-refractivity contribution >= 4 is 23.6 Å². The van der Waals surface area contributed by atoms with E-state index in [0.29, 0.717) is 30.2 Å². The molecule has 0 unspecified atom stereocenters. The van der Waals surface area contributed by atoms with Crippen LogP contribution in [0.4, 0.5) is 10.5 Å². The van der Waals surface area contributed by atoms with Crippen LogP contribution in [0, 0.1) is 0 Å². The van der Waals surface area contributed by atoms with Gasteiger partial charge in [0.05, 0.1) is 13.7 Å². The second kappa shape index (κ2) is 7.09. The lowest BCUT2D eigenvalue weighted by atomic mass is 10.1. The molecule has 0 aliphatic carbocycles. The minimum Gasteiger partial charge on any atom is -0.504 e. The lowest BCUT2D eigenvalue weighted by molar-refractivity contribution is 0.104. The number of ketones is 1. The number of rotatable bonds is 5. The average Bonchev–Trinajstić information content (AvgIpc) is 3.07. The van der Waals surface area contributed by atoms with Crippen molar-refractivity contribution in [3.8, 4) is 11.5 Å². The number of anilines is 1. The van der Waals surface area contributed by atoms with Crippen molar-refractivity contribution in [2.24, 2.45) is 0 Å². The summed E-state index contributed by atoms with van der Waals surface area (Å²) in [6.07, 6.45) is 2.67. The van der Waals surface area contributed by atoms with Crippen molar-refractivity contribution in [1.29, 1.82) is 0 Å². The molecule has 0 saturated carbocycles. The number of aromatic hydroxyl groups is 1. The quantitative estimate of drug-likeness (QED) is 0.668. The second-order valence-corrected chi connectivity index (χ2v) is 5.45. The molecule has 1 amide bonds. The van der Waals surface area contributed by atoms with Gasteiger partial charge in [-0.25, -0.2) is 4.79 Å². The Labute approximate surface area is 144 Å². The monoisotopic (exact) mass is 339 g/mol. The van der Waals surface area contributed by atoms with E-state index in [-0.39, 0.29) is 11.5 Å². The van der Waals surface area contributed by atoms with Crippen LogP contribution in [-0.4, -0.2) is 37.2 Å². The summed E-state index contributed by atoms with van der Waals surface area (Å²) >= 11 is 0. The summed E-state index contributed by atoms with van der Waals surface area (Å²) in [6.45, 7) is 0.819. The number of phenols is 1. The van der Waals surface area contributed by atoms with Crippen LogP contribution in [0.3, 0.4) is 0 Å². The molecule has 0 bridgehead atoms. The number of methoxy groups -OCH3 is 1. The number of carbonyl (C=O) groups excluding carboxylic acids is 2. The van der Waals surface area contributed by atoms with E-state index in [0.717, 1.165) is 5.56 Å². The molecule has 25 heavy (non-hydrogen) atoms. The van der Waals surface area contributed by atoms with Gasteiger partial charge in [0.25, 0.3) is 0 Å². The lowest BCUT2D eigenvalue weighted by Gasteiger charge is -2.13. The SMILES string of the molecule is COc1cc(C=CC(=O)c2cccc(N3CCOC3=O)c2)ccc1O. The van der Waals surface area contributed by atoms with Gasteiger partial charge in [-0.15, -0.1) is 0 Å². The second-order valence-electron chi connectivity index (χ2n) is 5.45. The van der Waals surface area contributed by atoms with Crippen molar-refractivity contribution in [1.82, 2.24) is 0 Å². The van der Waals surface area contributed by atoms with Crippen LogP contribution in [0.5, 0.6) is 11.5 Å². The van der Waals surface area contributed by atoms with Gasteiger partial charge < -0.3 is 14.6 Å². The Morgan fingerprint density at radius 1 is 1.28 bits per heavy atom. The van der Waals surface area contributed by atoms with E-state index >= 15 is 0 Å². The summed E-state index contributed by atoms with van der Waals surface area (Å²) in [5, 5.41) is 9.59. The molecular weight excluding hydrogens is 322 g/mol. The van der Waals surface area contributed by atoms with Crippen molar-refractivity contribution < 1.29 is 24.2 Å². The summed E-state index contributed by atoms with van der Waals surface area (Å²) < 4.78 is 9.95. The summed E-state index contributed by atoms with van der Waals surface area (Å²) in [4.78, 5) is 25.5. The van der Waals surface area contributed by atoms with Gasteiger partial charge in [0, 0.05) is 11.3 Å². The number of benzene rings is 2. The molecule has 2 aromatic carbocycles. The molecule has 1 saturated heterocycles. The highest BCUT2D eigenvalue weighted by Gasteiger charge is 2.23. The molecule has 1 fully saturated rings. The van der Waals surface area contributed by atoms with Crippen LogP contribution < -0.4 is 9.64 Å². The minimum absolute atomic E-state index is 0.0381. The third-order valence-electron chi connectivity index (χ3n) is 3.83. The third kappa shape index (κ3) is 3.63. The zero-order valence-electron chi connectivity index (χ0n) is 13.6. The van der Waals surface area contributed by atoms with Gasteiger partial charge in [0.1, 0.15) is 6.61 Å². The molecule has 0 spiro atoms. The highest BCUT2D eigenvalue weighted by Crippen LogP contribution is 2.27. The molecule has 6 heteroatoms. The summed E-state index contributed by atoms with van der Waals surface area (Å²) in [7, 11) is 1.46. The Kier molecular flexibility index (Phi) is 4.70. The van der Waals surface area contributed by atoms with Crippen LogP contribution in [0.2, 0.25) is 0 Å². The van der Waals surface area contributed by atoms with Crippen LogP contribution in [0.15, 0.2) is 48.5 Å². The fraction of sp³-hybridized carbons (Fsp3) is 0.158. The van der Waals surface area contributed by atoms with Crippen molar-refractivity contribution in [2.45, 2.75) is 0 Å². The predicted octanol–water partition coefficient (Wildman–Crippen LogP) is 3.25. The highest BCUT2D eigenvalue weighted by molar-refractivity contribution is 6.07. The maximum atomic E-state index is 12.4. The van der Waals surface area contributed by atoms with E-state index in [1.54, 1.807) is 42.5 Å². The number of hydrogen-bond donors (Lipinski definition) is 1. The Bertz CT molecular complexity index is 843. The molecule has 1 heterocycles. The normalized spacial score (nSPS) is 14.0. The summed E-state index contributed by atoms with van der Waals surface area (Å²) in [5.41, 5.74) is 1.83.